The van der Waals surface area contributed by atoms with Crippen molar-refractivity contribution in [2.45, 2.75) is 18.6 Å². The van der Waals surface area contributed by atoms with E-state index in [2.05, 4.69) is 5.32 Å². The summed E-state index contributed by atoms with van der Waals surface area (Å²) in [7, 11) is 0. The number of hydrogen-bond acceptors (Lipinski definition) is 4. The second-order valence-corrected chi connectivity index (χ2v) is 4.59. The van der Waals surface area contributed by atoms with Crippen molar-refractivity contribution < 1.29 is 23.8 Å². The van der Waals surface area contributed by atoms with Gasteiger partial charge in [0.15, 0.2) is 0 Å². The molecular weight excluding hydrogens is 277 g/mol. The first-order valence-corrected chi connectivity index (χ1v) is 6.47. The zero-order valence-electron chi connectivity index (χ0n) is 11.2. The van der Waals surface area contributed by atoms with E-state index in [0.717, 1.165) is 0 Å². The normalized spacial score (nSPS) is 13.7. The second kappa shape index (κ2) is 7.01. The Kier molecular flexibility index (Phi) is 5.08. The van der Waals surface area contributed by atoms with Crippen LogP contribution in [0.3, 0.4) is 0 Å². The molecule has 0 bridgehead atoms. The number of amides is 1. The summed E-state index contributed by atoms with van der Waals surface area (Å²) in [4.78, 5) is 11.9. The zero-order chi connectivity index (χ0) is 15.2. The molecule has 1 heterocycles. The van der Waals surface area contributed by atoms with Crippen LogP contribution in [-0.4, -0.2) is 22.7 Å². The van der Waals surface area contributed by atoms with Gasteiger partial charge >= 0.3 is 0 Å². The van der Waals surface area contributed by atoms with Crippen LogP contribution in [0.15, 0.2) is 47.1 Å². The second-order valence-electron chi connectivity index (χ2n) is 4.59. The van der Waals surface area contributed by atoms with Gasteiger partial charge in [-0.3, -0.25) is 4.79 Å². The van der Waals surface area contributed by atoms with E-state index in [1.807, 2.05) is 0 Å². The van der Waals surface area contributed by atoms with Gasteiger partial charge < -0.3 is 19.9 Å². The minimum Gasteiger partial charge on any atom is -0.467 e. The van der Waals surface area contributed by atoms with Crippen LogP contribution >= 0.6 is 0 Å². The maximum atomic E-state index is 13.1. The van der Waals surface area contributed by atoms with Gasteiger partial charge in [-0.1, -0.05) is 12.1 Å². The lowest BCUT2D eigenvalue weighted by Crippen LogP contribution is -2.31. The molecule has 5 nitrogen and oxygen atoms in total. The first-order chi connectivity index (χ1) is 10.1. The number of halogens is 1. The number of carbonyl (C=O) groups excluding carboxylic acids is 1. The first-order valence-electron chi connectivity index (χ1n) is 6.47. The maximum Gasteiger partial charge on any atom is 0.223 e. The van der Waals surface area contributed by atoms with Gasteiger partial charge in [-0.25, -0.2) is 4.39 Å². The summed E-state index contributed by atoms with van der Waals surface area (Å²) < 4.78 is 18.2. The van der Waals surface area contributed by atoms with Crippen LogP contribution in [0.1, 0.15) is 29.9 Å². The van der Waals surface area contributed by atoms with Crippen LogP contribution in [0, 0.1) is 5.82 Å². The standard InChI is InChI=1S/C15H16FNO4/c16-11-4-1-3-10(7-11)13(19)8-15(20)17-12(9-18)14-5-2-6-21-14/h1-7,12-13,18-19H,8-9H2,(H,17,20). The predicted octanol–water partition coefficient (Wildman–Crippen LogP) is 1.69. The quantitative estimate of drug-likeness (QED) is 0.757. The Morgan fingerprint density at radius 2 is 2.14 bits per heavy atom. The Morgan fingerprint density at radius 1 is 1.33 bits per heavy atom. The summed E-state index contributed by atoms with van der Waals surface area (Å²) >= 11 is 0. The van der Waals surface area contributed by atoms with Gasteiger partial charge in [0.2, 0.25) is 5.91 Å². The van der Waals surface area contributed by atoms with Crippen molar-refractivity contribution in [2.75, 3.05) is 6.61 Å². The summed E-state index contributed by atoms with van der Waals surface area (Å²) in [5, 5.41) is 21.7. The summed E-state index contributed by atoms with van der Waals surface area (Å²) in [6.45, 7) is -0.324. The lowest BCUT2D eigenvalue weighted by Gasteiger charge is -2.16. The summed E-state index contributed by atoms with van der Waals surface area (Å²) in [5.74, 6) is -0.524. The molecule has 1 amide bonds. The molecule has 0 aliphatic carbocycles. The molecule has 2 aromatic rings. The van der Waals surface area contributed by atoms with Crippen molar-refractivity contribution in [3.63, 3.8) is 0 Å². The van der Waals surface area contributed by atoms with Crippen LogP contribution in [0.25, 0.3) is 0 Å². The van der Waals surface area contributed by atoms with Crippen molar-refractivity contribution in [3.05, 3.63) is 59.8 Å². The van der Waals surface area contributed by atoms with E-state index >= 15 is 0 Å². The lowest BCUT2D eigenvalue weighted by atomic mass is 10.1. The van der Waals surface area contributed by atoms with E-state index in [0.29, 0.717) is 11.3 Å². The summed E-state index contributed by atoms with van der Waals surface area (Å²) in [5.41, 5.74) is 0.323. The van der Waals surface area contributed by atoms with Gasteiger partial charge in [-0.15, -0.1) is 0 Å². The summed E-state index contributed by atoms with van der Waals surface area (Å²) in [6.07, 6.45) is 0.0866. The number of benzene rings is 1. The topological polar surface area (TPSA) is 82.7 Å². The minimum absolute atomic E-state index is 0.235. The molecule has 1 aromatic heterocycles. The Bertz CT molecular complexity index is 585. The van der Waals surface area contributed by atoms with Crippen LogP contribution in [0.2, 0.25) is 0 Å². The molecule has 2 atom stereocenters. The molecule has 21 heavy (non-hydrogen) atoms. The predicted molar refractivity (Wildman–Crippen MR) is 72.7 cm³/mol. The highest BCUT2D eigenvalue weighted by Crippen LogP contribution is 2.19. The van der Waals surface area contributed by atoms with E-state index in [1.165, 1.54) is 30.5 Å². The molecule has 2 unspecified atom stereocenters. The van der Waals surface area contributed by atoms with Crippen molar-refractivity contribution in [3.8, 4) is 0 Å². The smallest absolute Gasteiger partial charge is 0.223 e. The third-order valence-corrected chi connectivity index (χ3v) is 3.02. The summed E-state index contributed by atoms with van der Waals surface area (Å²) in [6, 6.07) is 8.04. The fourth-order valence-corrected chi connectivity index (χ4v) is 1.96. The van der Waals surface area contributed by atoms with E-state index in [9.17, 15) is 19.4 Å². The van der Waals surface area contributed by atoms with Gasteiger partial charge in [-0.2, -0.15) is 0 Å². The molecule has 0 spiro atoms. The molecule has 3 N–H and O–H groups in total. The highest BCUT2D eigenvalue weighted by atomic mass is 19.1. The molecule has 1 aromatic carbocycles. The average Bonchev–Trinajstić information content (AvgIpc) is 2.98. The first kappa shape index (κ1) is 15.2. The third kappa shape index (κ3) is 4.14. The van der Waals surface area contributed by atoms with Crippen molar-refractivity contribution >= 4 is 5.91 Å². The molecule has 0 saturated carbocycles. The molecule has 6 heteroatoms. The van der Waals surface area contributed by atoms with E-state index in [4.69, 9.17) is 4.42 Å². The lowest BCUT2D eigenvalue weighted by molar-refractivity contribution is -0.124. The highest BCUT2D eigenvalue weighted by molar-refractivity contribution is 5.77. The molecule has 2 rings (SSSR count). The molecule has 0 aliphatic heterocycles. The highest BCUT2D eigenvalue weighted by Gasteiger charge is 2.19. The van der Waals surface area contributed by atoms with Crippen LogP contribution < -0.4 is 5.32 Å². The van der Waals surface area contributed by atoms with Gasteiger partial charge in [0, 0.05) is 0 Å². The van der Waals surface area contributed by atoms with Crippen molar-refractivity contribution in [1.82, 2.24) is 5.32 Å². The van der Waals surface area contributed by atoms with Crippen LogP contribution in [-0.2, 0) is 4.79 Å². The van der Waals surface area contributed by atoms with Crippen LogP contribution in [0.4, 0.5) is 4.39 Å². The van der Waals surface area contributed by atoms with E-state index in [-0.39, 0.29) is 13.0 Å². The van der Waals surface area contributed by atoms with Gasteiger partial charge in [0.1, 0.15) is 17.6 Å². The van der Waals surface area contributed by atoms with E-state index < -0.39 is 23.9 Å². The Morgan fingerprint density at radius 3 is 2.76 bits per heavy atom. The number of aliphatic hydroxyl groups is 2. The zero-order valence-corrected chi connectivity index (χ0v) is 11.2. The van der Waals surface area contributed by atoms with Crippen molar-refractivity contribution in [1.29, 1.82) is 0 Å². The number of rotatable bonds is 6. The molecule has 0 fully saturated rings. The van der Waals surface area contributed by atoms with Gasteiger partial charge in [0.05, 0.1) is 25.4 Å². The molecule has 112 valence electrons. The molecule has 0 aliphatic rings. The number of aliphatic hydroxyl groups excluding tert-OH is 2. The molecular formula is C15H16FNO4. The fourth-order valence-electron chi connectivity index (χ4n) is 1.96. The minimum atomic E-state index is -1.11. The number of furan rings is 1. The third-order valence-electron chi connectivity index (χ3n) is 3.02. The SMILES string of the molecule is O=C(CC(O)c1cccc(F)c1)NC(CO)c1ccco1. The van der Waals surface area contributed by atoms with Gasteiger partial charge in [-0.05, 0) is 29.8 Å². The molecule has 0 radical (unpaired) electrons. The number of carbonyl (C=O) groups is 1. The Hall–Kier alpha value is -2.18. The maximum absolute atomic E-state index is 13.1. The monoisotopic (exact) mass is 293 g/mol. The Labute approximate surface area is 121 Å². The average molecular weight is 293 g/mol. The largest absolute Gasteiger partial charge is 0.467 e. The van der Waals surface area contributed by atoms with E-state index in [1.54, 1.807) is 12.1 Å². The fraction of sp³-hybridized carbons (Fsp3) is 0.267. The van der Waals surface area contributed by atoms with Crippen LogP contribution in [0.5, 0.6) is 0 Å². The number of nitrogens with one attached hydrogen (secondary N) is 1. The van der Waals surface area contributed by atoms with Crippen molar-refractivity contribution in [2.24, 2.45) is 0 Å². The van der Waals surface area contributed by atoms with Gasteiger partial charge in [0.25, 0.3) is 0 Å². The number of hydrogen-bond donors (Lipinski definition) is 3. The molecule has 0 saturated heterocycles. The Balaban J connectivity index is 1.95.